The Morgan fingerprint density at radius 2 is 1.80 bits per heavy atom. The van der Waals surface area contributed by atoms with Gasteiger partial charge >= 0.3 is 6.18 Å². The summed E-state index contributed by atoms with van der Waals surface area (Å²) in [5.41, 5.74) is 7.66. The number of anilines is 2. The number of imidazole rings is 1. The van der Waals surface area contributed by atoms with Gasteiger partial charge in [0.25, 0.3) is 5.91 Å². The maximum absolute atomic E-state index is 13.0. The number of amides is 1. The number of nitrogens with two attached hydrogens (primary N) is 1. The number of halogens is 3. The summed E-state index contributed by atoms with van der Waals surface area (Å²) in [6.07, 6.45) is 3.71. The van der Waals surface area contributed by atoms with Crippen molar-refractivity contribution in [1.29, 1.82) is 0 Å². The zero-order chi connectivity index (χ0) is 28.7. The second kappa shape index (κ2) is 10.3. The number of hydrogen-bond acceptors (Lipinski definition) is 8. The lowest BCUT2D eigenvalue weighted by molar-refractivity contribution is -0.137. The summed E-state index contributed by atoms with van der Waals surface area (Å²) in [6, 6.07) is 8.23. The Labute approximate surface area is 231 Å². The number of rotatable bonds is 5. The normalized spacial score (nSPS) is 17.6. The van der Waals surface area contributed by atoms with Crippen LogP contribution in [0.25, 0.3) is 16.8 Å². The molecule has 0 aliphatic heterocycles. The zero-order valence-electron chi connectivity index (χ0n) is 21.9. The minimum Gasteiger partial charge on any atom is -0.382 e. The summed E-state index contributed by atoms with van der Waals surface area (Å²) >= 11 is 0. The summed E-state index contributed by atoms with van der Waals surface area (Å²) < 4.78 is 42.8. The minimum absolute atomic E-state index is 0.138. The maximum atomic E-state index is 13.0. The lowest BCUT2D eigenvalue weighted by atomic mass is 9.80. The second-order valence-electron chi connectivity index (χ2n) is 10.0. The minimum atomic E-state index is -4.54. The molecule has 1 saturated carbocycles. The first kappa shape index (κ1) is 26.3. The number of carbonyl (C=O) groups excluding carboxylic acids is 1. The van der Waals surface area contributed by atoms with E-state index in [9.17, 15) is 18.0 Å². The molecule has 4 aromatic heterocycles. The van der Waals surface area contributed by atoms with Gasteiger partial charge in [-0.05, 0) is 54.0 Å². The van der Waals surface area contributed by atoms with Gasteiger partial charge in [-0.25, -0.2) is 19.6 Å². The van der Waals surface area contributed by atoms with E-state index in [2.05, 4.69) is 30.8 Å². The summed E-state index contributed by atoms with van der Waals surface area (Å²) in [6.45, 7) is 0. The number of nitrogen functional groups attached to an aromatic ring is 1. The van der Waals surface area contributed by atoms with Crippen molar-refractivity contribution >= 4 is 23.1 Å². The number of tetrazole rings is 1. The number of nitrogens with one attached hydrogen (secondary N) is 1. The van der Waals surface area contributed by atoms with E-state index < -0.39 is 17.6 Å². The van der Waals surface area contributed by atoms with Gasteiger partial charge in [-0.15, -0.1) is 5.10 Å². The first-order valence-corrected chi connectivity index (χ1v) is 13.0. The third-order valence-corrected chi connectivity index (χ3v) is 7.42. The summed E-state index contributed by atoms with van der Waals surface area (Å²) in [4.78, 5) is 25.9. The van der Waals surface area contributed by atoms with Crippen molar-refractivity contribution in [3.05, 3.63) is 77.8 Å². The van der Waals surface area contributed by atoms with E-state index in [0.29, 0.717) is 22.6 Å². The molecule has 1 amide bonds. The van der Waals surface area contributed by atoms with Crippen molar-refractivity contribution in [1.82, 2.24) is 39.6 Å². The highest BCUT2D eigenvalue weighted by Gasteiger charge is 2.32. The Bertz CT molecular complexity index is 1730. The number of hydrogen-bond donors (Lipinski definition) is 2. The molecular weight excluding hydrogens is 537 g/mol. The quantitative estimate of drug-likeness (QED) is 0.316. The Morgan fingerprint density at radius 1 is 1.05 bits per heavy atom. The number of pyridine rings is 1. The van der Waals surface area contributed by atoms with Crippen LogP contribution in [0.2, 0.25) is 0 Å². The van der Waals surface area contributed by atoms with Gasteiger partial charge in [-0.1, -0.05) is 18.6 Å². The number of aryl methyl sites for hydroxylation is 1. The van der Waals surface area contributed by atoms with Crippen molar-refractivity contribution in [2.75, 3.05) is 11.1 Å². The van der Waals surface area contributed by atoms with Gasteiger partial charge in [0, 0.05) is 48.6 Å². The number of carbonyl (C=O) groups is 1. The fourth-order valence-electron chi connectivity index (χ4n) is 5.46. The molecule has 1 aliphatic carbocycles. The molecule has 6 rings (SSSR count). The molecule has 1 aromatic carbocycles. The van der Waals surface area contributed by atoms with Gasteiger partial charge in [0.1, 0.15) is 28.7 Å². The van der Waals surface area contributed by atoms with Crippen molar-refractivity contribution in [3.63, 3.8) is 0 Å². The van der Waals surface area contributed by atoms with Crippen LogP contribution in [0, 0.1) is 0 Å². The van der Waals surface area contributed by atoms with E-state index in [1.165, 1.54) is 0 Å². The molecule has 0 saturated heterocycles. The molecule has 2 atom stereocenters. The Morgan fingerprint density at radius 3 is 2.51 bits per heavy atom. The molecular formula is C27H25F3N10O. The molecule has 14 heteroatoms. The molecule has 11 nitrogen and oxygen atoms in total. The Hall–Kier alpha value is -4.88. The van der Waals surface area contributed by atoms with Crippen LogP contribution in [0.4, 0.5) is 24.8 Å². The van der Waals surface area contributed by atoms with Crippen molar-refractivity contribution < 1.29 is 18.0 Å². The molecule has 0 spiro atoms. The molecule has 5 aromatic rings. The van der Waals surface area contributed by atoms with E-state index in [-0.39, 0.29) is 23.2 Å². The average molecular weight is 563 g/mol. The van der Waals surface area contributed by atoms with Crippen molar-refractivity contribution in [3.8, 4) is 11.3 Å². The molecule has 1 aliphatic rings. The number of alkyl halides is 3. The largest absolute Gasteiger partial charge is 0.416 e. The van der Waals surface area contributed by atoms with Gasteiger partial charge in [0.2, 0.25) is 0 Å². The standard InChI is InChI=1S/C27H25F3N10O/c1-39-25(36-37-38-39)18-4-2-3-17(13-18)24-35-21(22-23(31)33-11-12-40(22)24)15-5-7-16(8-6-15)26(41)34-20-14-19(9-10-32-20)27(28,29)30/h5-12,14,17-18H,2-4,13H2,1H3,(H2,31,33)(H,32,34,41)/t17-,18+/m1/s1. The van der Waals surface area contributed by atoms with Crippen LogP contribution in [-0.2, 0) is 13.2 Å². The lowest BCUT2D eigenvalue weighted by Gasteiger charge is -2.27. The predicted octanol–water partition coefficient (Wildman–Crippen LogP) is 4.61. The molecule has 0 unspecified atom stereocenters. The lowest BCUT2D eigenvalue weighted by Crippen LogP contribution is -2.18. The number of nitrogens with zero attached hydrogens (tertiary/aromatic N) is 8. The van der Waals surface area contributed by atoms with Gasteiger partial charge in [-0.2, -0.15) is 13.2 Å². The van der Waals surface area contributed by atoms with E-state index in [1.807, 2.05) is 17.6 Å². The van der Waals surface area contributed by atoms with E-state index >= 15 is 0 Å². The topological polar surface area (TPSA) is 142 Å². The average Bonchev–Trinajstić information content (AvgIpc) is 3.57. The molecule has 3 N–H and O–H groups in total. The van der Waals surface area contributed by atoms with Gasteiger partial charge in [-0.3, -0.25) is 9.20 Å². The van der Waals surface area contributed by atoms with Crippen LogP contribution >= 0.6 is 0 Å². The van der Waals surface area contributed by atoms with E-state index in [4.69, 9.17) is 10.7 Å². The fraction of sp³-hybridized carbons (Fsp3) is 0.296. The second-order valence-corrected chi connectivity index (χ2v) is 10.0. The van der Waals surface area contributed by atoms with Crippen LogP contribution in [0.5, 0.6) is 0 Å². The molecule has 41 heavy (non-hydrogen) atoms. The highest BCUT2D eigenvalue weighted by molar-refractivity contribution is 6.04. The van der Waals surface area contributed by atoms with Gasteiger partial charge < -0.3 is 11.1 Å². The summed E-state index contributed by atoms with van der Waals surface area (Å²) in [7, 11) is 1.84. The third-order valence-electron chi connectivity index (χ3n) is 7.42. The first-order valence-electron chi connectivity index (χ1n) is 13.0. The first-order chi connectivity index (χ1) is 19.7. The molecule has 1 fully saturated rings. The van der Waals surface area contributed by atoms with Gasteiger partial charge in [0.05, 0.1) is 5.56 Å². The highest BCUT2D eigenvalue weighted by atomic mass is 19.4. The third kappa shape index (κ3) is 5.08. The molecule has 4 heterocycles. The van der Waals surface area contributed by atoms with E-state index in [1.54, 1.807) is 35.1 Å². The number of fused-ring (bicyclic) bond motifs is 1. The van der Waals surface area contributed by atoms with Crippen LogP contribution in [0.15, 0.2) is 55.0 Å². The summed E-state index contributed by atoms with van der Waals surface area (Å²) in [5, 5.41) is 14.4. The SMILES string of the molecule is Cn1nnnc1[C@H]1CCC[C@@H](c2nc(-c3ccc(C(=O)Nc4cc(C(F)(F)F)ccn4)cc3)c3c(N)nccn23)C1. The highest BCUT2D eigenvalue weighted by Crippen LogP contribution is 2.42. The van der Waals surface area contributed by atoms with E-state index in [0.717, 1.165) is 55.7 Å². The summed E-state index contributed by atoms with van der Waals surface area (Å²) in [5.74, 6) is 1.59. The van der Waals surface area contributed by atoms with Crippen molar-refractivity contribution in [2.45, 2.75) is 43.7 Å². The molecule has 0 radical (unpaired) electrons. The van der Waals surface area contributed by atoms with Crippen LogP contribution < -0.4 is 11.1 Å². The Balaban J connectivity index is 1.28. The molecule has 210 valence electrons. The van der Waals surface area contributed by atoms with Crippen LogP contribution in [0.1, 0.15) is 65.1 Å². The van der Waals surface area contributed by atoms with Crippen molar-refractivity contribution in [2.24, 2.45) is 7.05 Å². The smallest absolute Gasteiger partial charge is 0.382 e. The monoisotopic (exact) mass is 562 g/mol. The maximum Gasteiger partial charge on any atom is 0.416 e. The predicted molar refractivity (Wildman–Crippen MR) is 143 cm³/mol. The van der Waals surface area contributed by atoms with Crippen LogP contribution in [-0.4, -0.2) is 45.5 Å². The Kier molecular flexibility index (Phi) is 6.59. The number of aromatic nitrogens is 8. The number of benzene rings is 1. The van der Waals surface area contributed by atoms with Crippen LogP contribution in [0.3, 0.4) is 0 Å². The van der Waals surface area contributed by atoms with Gasteiger partial charge in [0.15, 0.2) is 5.82 Å². The molecule has 0 bridgehead atoms. The fourth-order valence-corrected chi connectivity index (χ4v) is 5.46. The zero-order valence-corrected chi connectivity index (χ0v) is 21.9.